The van der Waals surface area contributed by atoms with Crippen LogP contribution in [0.5, 0.6) is 0 Å². The van der Waals surface area contributed by atoms with Gasteiger partial charge in [-0.25, -0.2) is 0 Å². The summed E-state index contributed by atoms with van der Waals surface area (Å²) < 4.78 is 4.73. The largest absolute Gasteiger partial charge is 0.465 e. The molecule has 0 aromatic rings. The maximum atomic E-state index is 11.5. The SMILES string of the molecule is CCOC(=O)CN(CC)C(=O)CNC(C)=O. The molecule has 92 valence electrons. The summed E-state index contributed by atoms with van der Waals surface area (Å²) in [5.74, 6) is -1.02. The quantitative estimate of drug-likeness (QED) is 0.626. The van der Waals surface area contributed by atoms with Crippen LogP contribution in [0.25, 0.3) is 0 Å². The number of amides is 2. The zero-order valence-corrected chi connectivity index (χ0v) is 9.91. The van der Waals surface area contributed by atoms with Gasteiger partial charge >= 0.3 is 5.97 Å². The molecule has 0 rings (SSSR count). The van der Waals surface area contributed by atoms with Crippen LogP contribution >= 0.6 is 0 Å². The van der Waals surface area contributed by atoms with E-state index in [0.29, 0.717) is 6.54 Å². The number of carbonyl (C=O) groups is 3. The number of ether oxygens (including phenoxy) is 1. The van der Waals surface area contributed by atoms with Gasteiger partial charge in [0.15, 0.2) is 0 Å². The Morgan fingerprint density at radius 1 is 1.25 bits per heavy atom. The summed E-state index contributed by atoms with van der Waals surface area (Å²) in [6.45, 7) is 5.30. The lowest BCUT2D eigenvalue weighted by molar-refractivity contribution is -0.148. The Morgan fingerprint density at radius 2 is 1.88 bits per heavy atom. The second kappa shape index (κ2) is 7.67. The molecule has 0 radical (unpaired) electrons. The highest BCUT2D eigenvalue weighted by molar-refractivity contribution is 5.86. The third-order valence-electron chi connectivity index (χ3n) is 1.85. The van der Waals surface area contributed by atoms with Crippen molar-refractivity contribution in [3.05, 3.63) is 0 Å². The van der Waals surface area contributed by atoms with Gasteiger partial charge in [-0.15, -0.1) is 0 Å². The standard InChI is InChI=1S/C10H18N2O4/c1-4-12(7-10(15)16-5-2)9(14)6-11-8(3)13/h4-7H2,1-3H3,(H,11,13). The van der Waals surface area contributed by atoms with Gasteiger partial charge in [0.05, 0.1) is 13.2 Å². The van der Waals surface area contributed by atoms with Gasteiger partial charge in [-0.1, -0.05) is 0 Å². The minimum absolute atomic E-state index is 0.0806. The number of nitrogens with zero attached hydrogens (tertiary/aromatic N) is 1. The van der Waals surface area contributed by atoms with Gasteiger partial charge in [-0.3, -0.25) is 14.4 Å². The van der Waals surface area contributed by atoms with E-state index in [4.69, 9.17) is 4.74 Å². The molecule has 0 fully saturated rings. The van der Waals surface area contributed by atoms with Gasteiger partial charge in [0, 0.05) is 13.5 Å². The van der Waals surface area contributed by atoms with E-state index in [1.807, 2.05) is 0 Å². The highest BCUT2D eigenvalue weighted by Crippen LogP contribution is 1.91. The van der Waals surface area contributed by atoms with Crippen LogP contribution in [0.1, 0.15) is 20.8 Å². The van der Waals surface area contributed by atoms with Crippen molar-refractivity contribution >= 4 is 17.8 Å². The summed E-state index contributed by atoms with van der Waals surface area (Å²) >= 11 is 0. The van der Waals surface area contributed by atoms with Crippen molar-refractivity contribution in [2.45, 2.75) is 20.8 Å². The van der Waals surface area contributed by atoms with E-state index < -0.39 is 5.97 Å². The number of likely N-dealkylation sites (N-methyl/N-ethyl adjacent to an activating group) is 1. The summed E-state index contributed by atoms with van der Waals surface area (Å²) in [7, 11) is 0. The highest BCUT2D eigenvalue weighted by Gasteiger charge is 2.15. The van der Waals surface area contributed by atoms with E-state index in [-0.39, 0.29) is 31.5 Å². The average Bonchev–Trinajstić information content (AvgIpc) is 2.22. The van der Waals surface area contributed by atoms with Crippen LogP contribution in [-0.4, -0.2) is 48.9 Å². The first-order valence-electron chi connectivity index (χ1n) is 5.19. The number of esters is 1. The highest BCUT2D eigenvalue weighted by atomic mass is 16.5. The van der Waals surface area contributed by atoms with Crippen LogP contribution in [0, 0.1) is 0 Å². The van der Waals surface area contributed by atoms with Gasteiger partial charge in [0.2, 0.25) is 11.8 Å². The first kappa shape index (κ1) is 14.4. The van der Waals surface area contributed by atoms with Crippen LogP contribution in [0.3, 0.4) is 0 Å². The molecule has 0 aliphatic heterocycles. The fourth-order valence-electron chi connectivity index (χ4n) is 1.05. The van der Waals surface area contributed by atoms with E-state index >= 15 is 0 Å². The molecule has 0 atom stereocenters. The van der Waals surface area contributed by atoms with Crippen molar-refractivity contribution in [2.24, 2.45) is 0 Å². The molecule has 6 nitrogen and oxygen atoms in total. The zero-order chi connectivity index (χ0) is 12.6. The molecule has 1 N–H and O–H groups in total. The molecule has 0 saturated carbocycles. The van der Waals surface area contributed by atoms with E-state index in [9.17, 15) is 14.4 Å². The molecule has 2 amide bonds. The number of carbonyl (C=O) groups excluding carboxylic acids is 3. The lowest BCUT2D eigenvalue weighted by atomic mass is 10.4. The lowest BCUT2D eigenvalue weighted by Crippen LogP contribution is -2.42. The van der Waals surface area contributed by atoms with Crippen molar-refractivity contribution in [1.82, 2.24) is 10.2 Å². The minimum atomic E-state index is -0.444. The Balaban J connectivity index is 4.11. The molecular formula is C10H18N2O4. The number of rotatable bonds is 6. The Hall–Kier alpha value is -1.59. The number of hydrogen-bond acceptors (Lipinski definition) is 4. The molecule has 0 unspecified atom stereocenters. The van der Waals surface area contributed by atoms with Crippen molar-refractivity contribution in [3.63, 3.8) is 0 Å². The molecular weight excluding hydrogens is 212 g/mol. The number of nitrogens with one attached hydrogen (secondary N) is 1. The van der Waals surface area contributed by atoms with Gasteiger partial charge < -0.3 is 15.0 Å². The summed E-state index contributed by atoms with van der Waals surface area (Å²) in [6, 6.07) is 0. The smallest absolute Gasteiger partial charge is 0.325 e. The summed E-state index contributed by atoms with van der Waals surface area (Å²) in [5.41, 5.74) is 0. The Labute approximate surface area is 94.9 Å². The van der Waals surface area contributed by atoms with Crippen LogP contribution in [0.15, 0.2) is 0 Å². The fraction of sp³-hybridized carbons (Fsp3) is 0.700. The summed E-state index contributed by atoms with van der Waals surface area (Å²) in [6.07, 6.45) is 0. The third kappa shape index (κ3) is 6.00. The monoisotopic (exact) mass is 230 g/mol. The molecule has 0 saturated heterocycles. The van der Waals surface area contributed by atoms with E-state index in [1.54, 1.807) is 13.8 Å². The molecule has 0 spiro atoms. The maximum Gasteiger partial charge on any atom is 0.325 e. The normalized spacial score (nSPS) is 9.44. The fourth-order valence-corrected chi connectivity index (χ4v) is 1.05. The molecule has 0 heterocycles. The molecule has 16 heavy (non-hydrogen) atoms. The number of hydrogen-bond donors (Lipinski definition) is 1. The lowest BCUT2D eigenvalue weighted by Gasteiger charge is -2.19. The average molecular weight is 230 g/mol. The van der Waals surface area contributed by atoms with Gasteiger partial charge in [0.1, 0.15) is 6.54 Å². The second-order valence-electron chi connectivity index (χ2n) is 3.12. The summed E-state index contributed by atoms with van der Waals surface area (Å²) in [4.78, 5) is 34.6. The van der Waals surface area contributed by atoms with Gasteiger partial charge in [-0.2, -0.15) is 0 Å². The Bertz CT molecular complexity index is 266. The van der Waals surface area contributed by atoms with Crippen LogP contribution in [0.4, 0.5) is 0 Å². The zero-order valence-electron chi connectivity index (χ0n) is 9.91. The van der Waals surface area contributed by atoms with E-state index in [1.165, 1.54) is 11.8 Å². The predicted molar refractivity (Wildman–Crippen MR) is 57.6 cm³/mol. The predicted octanol–water partition coefficient (Wildman–Crippen LogP) is -0.466. The molecule has 0 bridgehead atoms. The Kier molecular flexibility index (Phi) is 6.91. The molecule has 6 heteroatoms. The Morgan fingerprint density at radius 3 is 2.31 bits per heavy atom. The van der Waals surface area contributed by atoms with Crippen molar-refractivity contribution in [2.75, 3.05) is 26.2 Å². The minimum Gasteiger partial charge on any atom is -0.465 e. The van der Waals surface area contributed by atoms with E-state index in [0.717, 1.165) is 0 Å². The molecule has 0 aromatic heterocycles. The van der Waals surface area contributed by atoms with Crippen molar-refractivity contribution < 1.29 is 19.1 Å². The van der Waals surface area contributed by atoms with Crippen molar-refractivity contribution in [3.8, 4) is 0 Å². The summed E-state index contributed by atoms with van der Waals surface area (Å²) in [5, 5.41) is 2.38. The topological polar surface area (TPSA) is 75.7 Å². The van der Waals surface area contributed by atoms with E-state index in [2.05, 4.69) is 5.32 Å². The first-order valence-corrected chi connectivity index (χ1v) is 5.19. The molecule has 0 aromatic carbocycles. The van der Waals surface area contributed by atoms with Gasteiger partial charge in [0.25, 0.3) is 0 Å². The van der Waals surface area contributed by atoms with Crippen LogP contribution < -0.4 is 5.32 Å². The first-order chi connectivity index (χ1) is 7.51. The molecule has 0 aliphatic carbocycles. The van der Waals surface area contributed by atoms with Crippen LogP contribution in [-0.2, 0) is 19.1 Å². The molecule has 0 aliphatic rings. The second-order valence-corrected chi connectivity index (χ2v) is 3.12. The third-order valence-corrected chi connectivity index (χ3v) is 1.85. The van der Waals surface area contributed by atoms with Gasteiger partial charge in [-0.05, 0) is 13.8 Å². The maximum absolute atomic E-state index is 11.5. The van der Waals surface area contributed by atoms with Crippen LogP contribution in [0.2, 0.25) is 0 Å². The van der Waals surface area contributed by atoms with Crippen molar-refractivity contribution in [1.29, 1.82) is 0 Å².